The maximum absolute atomic E-state index is 12.7. The first-order valence-corrected chi connectivity index (χ1v) is 10.4. The van der Waals surface area contributed by atoms with Gasteiger partial charge in [-0.05, 0) is 51.3 Å². The van der Waals surface area contributed by atoms with E-state index in [0.717, 1.165) is 42.6 Å². The third-order valence-electron chi connectivity index (χ3n) is 6.04. The number of carbonyl (C=O) groups excluding carboxylic acids is 1. The van der Waals surface area contributed by atoms with E-state index < -0.39 is 0 Å². The van der Waals surface area contributed by atoms with Gasteiger partial charge in [0.2, 0.25) is 11.8 Å². The lowest BCUT2D eigenvalue weighted by molar-refractivity contribution is -0.152. The number of piperidine rings is 1. The fraction of sp³-hybridized carbons (Fsp3) is 0.591. The van der Waals surface area contributed by atoms with E-state index in [1.807, 2.05) is 43.9 Å². The van der Waals surface area contributed by atoms with Gasteiger partial charge in [-0.1, -0.05) is 0 Å². The lowest BCUT2D eigenvalue weighted by Gasteiger charge is -2.45. The highest BCUT2D eigenvalue weighted by atomic mass is 16.5. The molecule has 2 aliphatic heterocycles. The van der Waals surface area contributed by atoms with Crippen molar-refractivity contribution in [2.45, 2.75) is 64.7 Å². The lowest BCUT2D eigenvalue weighted by atomic mass is 9.83. The molecule has 2 aromatic heterocycles. The Balaban J connectivity index is 1.33. The van der Waals surface area contributed by atoms with E-state index in [1.54, 1.807) is 10.9 Å². The smallest absolute Gasteiger partial charge is 0.244 e. The number of aromatic nitrogens is 3. The number of amides is 1. The Morgan fingerprint density at radius 3 is 2.76 bits per heavy atom. The number of hydrogen-bond donors (Lipinski definition) is 0. The molecule has 0 saturated carbocycles. The summed E-state index contributed by atoms with van der Waals surface area (Å²) in [7, 11) is 0. The molecule has 2 aromatic rings. The Morgan fingerprint density at radius 1 is 1.28 bits per heavy atom. The van der Waals surface area contributed by atoms with Crippen LogP contribution in [0.4, 0.5) is 0 Å². The first-order chi connectivity index (χ1) is 13.9. The van der Waals surface area contributed by atoms with Crippen molar-refractivity contribution in [3.05, 3.63) is 41.3 Å². The topological polar surface area (TPSA) is 69.5 Å². The van der Waals surface area contributed by atoms with Crippen molar-refractivity contribution in [3.63, 3.8) is 0 Å². The van der Waals surface area contributed by atoms with Crippen LogP contribution in [-0.4, -0.2) is 57.0 Å². The Bertz CT molecular complexity index is 871. The second kappa shape index (κ2) is 8.14. The highest BCUT2D eigenvalue weighted by Gasteiger charge is 2.42. The largest absolute Gasteiger partial charge is 0.474 e. The summed E-state index contributed by atoms with van der Waals surface area (Å²) in [5.74, 6) is 0.808. The average molecular weight is 399 g/mol. The predicted molar refractivity (Wildman–Crippen MR) is 109 cm³/mol. The molecule has 0 aliphatic carbocycles. The van der Waals surface area contributed by atoms with Crippen molar-refractivity contribution in [2.24, 2.45) is 0 Å². The first-order valence-electron chi connectivity index (χ1n) is 10.4. The number of likely N-dealkylation sites (tertiary alicyclic amines) is 1. The van der Waals surface area contributed by atoms with Crippen molar-refractivity contribution < 1.29 is 14.3 Å². The zero-order valence-electron chi connectivity index (χ0n) is 17.6. The van der Waals surface area contributed by atoms with Gasteiger partial charge >= 0.3 is 0 Å². The fourth-order valence-corrected chi connectivity index (χ4v) is 4.40. The van der Waals surface area contributed by atoms with Gasteiger partial charge in [0.25, 0.3) is 0 Å². The quantitative estimate of drug-likeness (QED) is 0.792. The number of pyridine rings is 1. The van der Waals surface area contributed by atoms with Crippen LogP contribution >= 0.6 is 0 Å². The first kappa shape index (κ1) is 19.9. The summed E-state index contributed by atoms with van der Waals surface area (Å²) >= 11 is 0. The molecule has 7 heteroatoms. The van der Waals surface area contributed by atoms with Gasteiger partial charge in [0.1, 0.15) is 12.6 Å². The molecular weight excluding hydrogens is 368 g/mol. The molecule has 29 heavy (non-hydrogen) atoms. The number of ether oxygens (including phenoxy) is 2. The van der Waals surface area contributed by atoms with E-state index >= 15 is 0 Å². The summed E-state index contributed by atoms with van der Waals surface area (Å²) < 4.78 is 14.1. The molecule has 2 fully saturated rings. The Morgan fingerprint density at radius 2 is 2.07 bits per heavy atom. The molecule has 0 radical (unpaired) electrons. The highest BCUT2D eigenvalue weighted by Crippen LogP contribution is 2.36. The van der Waals surface area contributed by atoms with E-state index in [0.29, 0.717) is 32.1 Å². The van der Waals surface area contributed by atoms with Gasteiger partial charge in [-0.2, -0.15) is 5.10 Å². The monoisotopic (exact) mass is 398 g/mol. The second-order valence-corrected chi connectivity index (χ2v) is 8.40. The van der Waals surface area contributed by atoms with Crippen LogP contribution in [0.3, 0.4) is 0 Å². The molecule has 0 N–H and O–H groups in total. The summed E-state index contributed by atoms with van der Waals surface area (Å²) in [6, 6.07) is 5.94. The summed E-state index contributed by atoms with van der Waals surface area (Å²) in [5.41, 5.74) is 2.91. The van der Waals surface area contributed by atoms with Crippen LogP contribution in [-0.2, 0) is 16.1 Å². The molecule has 0 bridgehead atoms. The van der Waals surface area contributed by atoms with E-state index in [9.17, 15) is 4.79 Å². The minimum absolute atomic E-state index is 0.106. The number of nitrogens with zero attached hydrogens (tertiary/aromatic N) is 4. The van der Waals surface area contributed by atoms with Crippen LogP contribution in [0.5, 0.6) is 5.88 Å². The molecule has 1 amide bonds. The Kier molecular flexibility index (Phi) is 5.58. The van der Waals surface area contributed by atoms with Crippen LogP contribution in [0, 0.1) is 20.8 Å². The minimum Gasteiger partial charge on any atom is -0.474 e. The van der Waals surface area contributed by atoms with Gasteiger partial charge in [-0.15, -0.1) is 0 Å². The zero-order valence-corrected chi connectivity index (χ0v) is 17.6. The SMILES string of the molecule is Cc1ccnc(OC2CCOC3(CCN(C(=O)Cn4nc(C)cc4C)CC3)C2)c1. The molecule has 0 aromatic carbocycles. The van der Waals surface area contributed by atoms with Crippen LogP contribution in [0.25, 0.3) is 0 Å². The zero-order chi connectivity index (χ0) is 20.4. The van der Waals surface area contributed by atoms with Crippen LogP contribution in [0.15, 0.2) is 24.4 Å². The number of hydrogen-bond acceptors (Lipinski definition) is 5. The summed E-state index contributed by atoms with van der Waals surface area (Å²) in [4.78, 5) is 19.0. The van der Waals surface area contributed by atoms with E-state index in [4.69, 9.17) is 9.47 Å². The molecule has 2 saturated heterocycles. The molecule has 4 rings (SSSR count). The second-order valence-electron chi connectivity index (χ2n) is 8.40. The molecule has 1 unspecified atom stereocenters. The van der Waals surface area contributed by atoms with E-state index in [-0.39, 0.29) is 17.6 Å². The molecule has 156 valence electrons. The van der Waals surface area contributed by atoms with Crippen molar-refractivity contribution >= 4 is 5.91 Å². The Labute approximate surface area is 172 Å². The van der Waals surface area contributed by atoms with Gasteiger partial charge in [-0.3, -0.25) is 9.48 Å². The van der Waals surface area contributed by atoms with Crippen LogP contribution < -0.4 is 4.74 Å². The van der Waals surface area contributed by atoms with Crippen molar-refractivity contribution in [1.29, 1.82) is 0 Å². The molecule has 1 spiro atoms. The lowest BCUT2D eigenvalue weighted by Crippen LogP contribution is -2.53. The van der Waals surface area contributed by atoms with Crippen molar-refractivity contribution in [1.82, 2.24) is 19.7 Å². The third-order valence-corrected chi connectivity index (χ3v) is 6.04. The van der Waals surface area contributed by atoms with Gasteiger partial charge in [0.05, 0.1) is 17.9 Å². The fourth-order valence-electron chi connectivity index (χ4n) is 4.40. The van der Waals surface area contributed by atoms with Crippen molar-refractivity contribution in [3.8, 4) is 5.88 Å². The maximum Gasteiger partial charge on any atom is 0.244 e. The highest BCUT2D eigenvalue weighted by molar-refractivity contribution is 5.76. The van der Waals surface area contributed by atoms with E-state index in [2.05, 4.69) is 10.1 Å². The molecule has 7 nitrogen and oxygen atoms in total. The van der Waals surface area contributed by atoms with Crippen LogP contribution in [0.1, 0.15) is 42.6 Å². The summed E-state index contributed by atoms with van der Waals surface area (Å²) in [6.07, 6.45) is 5.30. The predicted octanol–water partition coefficient (Wildman–Crippen LogP) is 2.82. The van der Waals surface area contributed by atoms with Gasteiger partial charge < -0.3 is 14.4 Å². The standard InChI is InChI=1S/C22H30N4O3/c1-16-4-8-23-20(12-16)29-19-5-11-28-22(14-19)6-9-25(10-7-22)21(27)15-26-18(3)13-17(2)24-26/h4,8,12-13,19H,5-7,9-11,14-15H2,1-3H3. The summed E-state index contributed by atoms with van der Waals surface area (Å²) in [5, 5.41) is 4.41. The normalized spacial score (nSPS) is 21.3. The van der Waals surface area contributed by atoms with Gasteiger partial charge in [0.15, 0.2) is 0 Å². The summed E-state index contributed by atoms with van der Waals surface area (Å²) in [6.45, 7) is 8.40. The number of aryl methyl sites for hydroxylation is 3. The van der Waals surface area contributed by atoms with Crippen LogP contribution in [0.2, 0.25) is 0 Å². The third kappa shape index (κ3) is 4.61. The molecule has 4 heterocycles. The molecule has 2 aliphatic rings. The number of rotatable bonds is 4. The van der Waals surface area contributed by atoms with E-state index in [1.165, 1.54) is 0 Å². The number of carbonyl (C=O) groups is 1. The average Bonchev–Trinajstić information content (AvgIpc) is 2.99. The molecule has 1 atom stereocenters. The van der Waals surface area contributed by atoms with Gasteiger partial charge in [0, 0.05) is 43.9 Å². The molecular formula is C22H30N4O3. The Hall–Kier alpha value is -2.41. The maximum atomic E-state index is 12.7. The van der Waals surface area contributed by atoms with Crippen molar-refractivity contribution in [2.75, 3.05) is 19.7 Å². The minimum atomic E-state index is -0.193. The van der Waals surface area contributed by atoms with Gasteiger partial charge in [-0.25, -0.2) is 4.98 Å².